The lowest BCUT2D eigenvalue weighted by Crippen LogP contribution is -2.04. The summed E-state index contributed by atoms with van der Waals surface area (Å²) in [7, 11) is 0. The minimum atomic E-state index is -0.945. The number of hydrogen-bond acceptors (Lipinski definition) is 4. The molecule has 33 heavy (non-hydrogen) atoms. The number of para-hydroxylation sites is 1. The second-order valence-electron chi connectivity index (χ2n) is 8.09. The molecule has 2 heterocycles. The Morgan fingerprint density at radius 3 is 2.58 bits per heavy atom. The number of thiazole rings is 1. The number of nitrogens with one attached hydrogen (secondary N) is 1. The molecule has 5 nitrogen and oxygen atoms in total. The molecule has 0 atom stereocenters. The molecule has 0 aliphatic heterocycles. The van der Waals surface area contributed by atoms with E-state index in [4.69, 9.17) is 4.74 Å². The Kier molecular flexibility index (Phi) is 5.60. The second-order valence-corrected chi connectivity index (χ2v) is 9.29. The van der Waals surface area contributed by atoms with Gasteiger partial charge in [0.05, 0.1) is 27.7 Å². The van der Waals surface area contributed by atoms with Crippen molar-refractivity contribution in [2.75, 3.05) is 6.61 Å². The maximum absolute atomic E-state index is 12.0. The summed E-state index contributed by atoms with van der Waals surface area (Å²) in [5, 5.41) is 14.0. The number of benzene rings is 3. The van der Waals surface area contributed by atoms with Gasteiger partial charge in [-0.05, 0) is 43.7 Å². The summed E-state index contributed by atoms with van der Waals surface area (Å²) in [5.41, 5.74) is 3.88. The highest BCUT2D eigenvalue weighted by molar-refractivity contribution is 7.15. The Labute approximate surface area is 195 Å². The number of aromatic nitrogens is 2. The second kappa shape index (κ2) is 8.71. The van der Waals surface area contributed by atoms with E-state index in [0.717, 1.165) is 54.1 Å². The van der Waals surface area contributed by atoms with E-state index in [1.165, 1.54) is 0 Å². The molecule has 3 aromatic carbocycles. The van der Waals surface area contributed by atoms with Crippen molar-refractivity contribution in [2.45, 2.75) is 26.7 Å². The van der Waals surface area contributed by atoms with E-state index in [1.54, 1.807) is 11.3 Å². The number of ether oxygens (including phenoxy) is 1. The van der Waals surface area contributed by atoms with E-state index in [9.17, 15) is 9.90 Å². The van der Waals surface area contributed by atoms with E-state index >= 15 is 0 Å². The predicted octanol–water partition coefficient (Wildman–Crippen LogP) is 6.77. The molecule has 0 radical (unpaired) electrons. The van der Waals surface area contributed by atoms with Crippen molar-refractivity contribution in [3.63, 3.8) is 0 Å². The first-order valence-electron chi connectivity index (χ1n) is 10.9. The lowest BCUT2D eigenvalue weighted by molar-refractivity contribution is 0.0690. The van der Waals surface area contributed by atoms with Crippen LogP contribution in [0.5, 0.6) is 5.75 Å². The molecule has 0 saturated heterocycles. The lowest BCUT2D eigenvalue weighted by atomic mass is 10.0. The molecule has 6 heteroatoms. The van der Waals surface area contributed by atoms with Crippen LogP contribution in [-0.4, -0.2) is 27.7 Å². The molecular weight excluding hydrogens is 432 g/mol. The number of carbonyl (C=O) groups is 1. The number of rotatable bonds is 7. The number of aryl methyl sites for hydroxylation is 3. The van der Waals surface area contributed by atoms with Crippen LogP contribution in [0.3, 0.4) is 0 Å². The zero-order chi connectivity index (χ0) is 22.9. The quantitative estimate of drug-likeness (QED) is 0.265. The summed E-state index contributed by atoms with van der Waals surface area (Å²) < 4.78 is 6.08. The molecule has 0 amide bonds. The molecule has 2 aromatic heterocycles. The molecular formula is C27H24N2O3S. The summed E-state index contributed by atoms with van der Waals surface area (Å²) in [6, 6.07) is 20.2. The molecule has 5 rings (SSSR count). The van der Waals surface area contributed by atoms with E-state index < -0.39 is 5.97 Å². The van der Waals surface area contributed by atoms with Crippen LogP contribution < -0.4 is 4.74 Å². The van der Waals surface area contributed by atoms with Gasteiger partial charge in [-0.15, -0.1) is 11.3 Å². The van der Waals surface area contributed by atoms with Crippen molar-refractivity contribution < 1.29 is 14.6 Å². The Bertz CT molecular complexity index is 1480. The first kappa shape index (κ1) is 21.2. The fourth-order valence-corrected chi connectivity index (χ4v) is 5.39. The highest BCUT2D eigenvalue weighted by atomic mass is 32.1. The van der Waals surface area contributed by atoms with E-state index in [0.29, 0.717) is 19.4 Å². The fraction of sp³-hybridized carbons (Fsp3) is 0.185. The smallest absolute Gasteiger partial charge is 0.352 e. The number of aromatic carboxylic acids is 1. The summed E-state index contributed by atoms with van der Waals surface area (Å²) in [6.07, 6.45) is 1.32. The van der Waals surface area contributed by atoms with Crippen LogP contribution in [-0.2, 0) is 6.42 Å². The van der Waals surface area contributed by atoms with Crippen LogP contribution in [0.4, 0.5) is 0 Å². The Hall–Kier alpha value is -3.64. The third kappa shape index (κ3) is 3.98. The zero-order valence-corrected chi connectivity index (χ0v) is 19.3. The van der Waals surface area contributed by atoms with Gasteiger partial charge in [-0.2, -0.15) is 0 Å². The normalized spacial score (nSPS) is 11.3. The van der Waals surface area contributed by atoms with Gasteiger partial charge in [0, 0.05) is 16.3 Å². The zero-order valence-electron chi connectivity index (χ0n) is 18.5. The van der Waals surface area contributed by atoms with Gasteiger partial charge in [0.2, 0.25) is 0 Å². The molecule has 5 aromatic rings. The SMILES string of the molecule is Cc1nc(C)c(-c2cccc3c(CCCOc4cccc5ccccc45)c(C(=O)O)[nH]c23)s1. The minimum absolute atomic E-state index is 0.251. The molecule has 0 aliphatic rings. The summed E-state index contributed by atoms with van der Waals surface area (Å²) in [5.74, 6) is -0.0943. The number of nitrogens with zero attached hydrogens (tertiary/aromatic N) is 1. The highest BCUT2D eigenvalue weighted by Crippen LogP contribution is 2.37. The van der Waals surface area contributed by atoms with Crippen molar-refractivity contribution >= 4 is 39.0 Å². The Morgan fingerprint density at radius 1 is 1.03 bits per heavy atom. The van der Waals surface area contributed by atoms with E-state index in [1.807, 2.05) is 56.3 Å². The van der Waals surface area contributed by atoms with Gasteiger partial charge in [0.25, 0.3) is 0 Å². The topological polar surface area (TPSA) is 75.2 Å². The third-order valence-corrected chi connectivity index (χ3v) is 6.99. The van der Waals surface area contributed by atoms with Gasteiger partial charge in [-0.1, -0.05) is 54.6 Å². The van der Waals surface area contributed by atoms with Crippen LogP contribution in [0, 0.1) is 13.8 Å². The third-order valence-electron chi connectivity index (χ3n) is 5.88. The van der Waals surface area contributed by atoms with Crippen molar-refractivity contribution in [3.05, 3.63) is 82.6 Å². The summed E-state index contributed by atoms with van der Waals surface area (Å²) in [4.78, 5) is 20.8. The predicted molar refractivity (Wildman–Crippen MR) is 134 cm³/mol. The monoisotopic (exact) mass is 456 g/mol. The molecule has 0 bridgehead atoms. The fourth-order valence-electron chi connectivity index (χ4n) is 4.44. The highest BCUT2D eigenvalue weighted by Gasteiger charge is 2.20. The molecule has 0 saturated carbocycles. The molecule has 0 fully saturated rings. The number of carboxylic acid groups (broad SMARTS) is 1. The molecule has 2 N–H and O–H groups in total. The largest absolute Gasteiger partial charge is 0.493 e. The van der Waals surface area contributed by atoms with Gasteiger partial charge in [-0.25, -0.2) is 9.78 Å². The van der Waals surface area contributed by atoms with Crippen LogP contribution >= 0.6 is 11.3 Å². The van der Waals surface area contributed by atoms with Crippen LogP contribution in [0.1, 0.15) is 33.2 Å². The number of hydrogen-bond donors (Lipinski definition) is 2. The van der Waals surface area contributed by atoms with E-state index in [2.05, 4.69) is 28.2 Å². The number of fused-ring (bicyclic) bond motifs is 2. The first-order valence-corrected chi connectivity index (χ1v) is 11.8. The molecule has 0 unspecified atom stereocenters. The van der Waals surface area contributed by atoms with Crippen LogP contribution in [0.25, 0.3) is 32.1 Å². The summed E-state index contributed by atoms with van der Waals surface area (Å²) in [6.45, 7) is 4.48. The van der Waals surface area contributed by atoms with Gasteiger partial charge in [0.15, 0.2) is 0 Å². The molecule has 166 valence electrons. The Morgan fingerprint density at radius 2 is 1.79 bits per heavy atom. The Balaban J connectivity index is 1.42. The minimum Gasteiger partial charge on any atom is -0.493 e. The lowest BCUT2D eigenvalue weighted by Gasteiger charge is -2.09. The van der Waals surface area contributed by atoms with Crippen molar-refractivity contribution in [1.82, 2.24) is 9.97 Å². The van der Waals surface area contributed by atoms with Gasteiger partial charge in [0.1, 0.15) is 11.4 Å². The van der Waals surface area contributed by atoms with Gasteiger partial charge >= 0.3 is 5.97 Å². The standard InChI is InChI=1S/C27H24N2O3S/c1-16-26(33-17(2)28-16)22-12-6-11-20-21(25(27(30)31)29-24(20)22)13-7-15-32-23-14-5-9-18-8-3-4-10-19(18)23/h3-6,8-12,14,29H,7,13,15H2,1-2H3,(H,30,31). The van der Waals surface area contributed by atoms with E-state index in [-0.39, 0.29) is 5.69 Å². The van der Waals surface area contributed by atoms with Crippen molar-refractivity contribution in [1.29, 1.82) is 0 Å². The maximum atomic E-state index is 12.0. The van der Waals surface area contributed by atoms with Crippen LogP contribution in [0.2, 0.25) is 0 Å². The van der Waals surface area contributed by atoms with Gasteiger partial charge < -0.3 is 14.8 Å². The average Bonchev–Trinajstić information content (AvgIpc) is 3.36. The van der Waals surface area contributed by atoms with Crippen molar-refractivity contribution in [2.24, 2.45) is 0 Å². The molecule has 0 aliphatic carbocycles. The maximum Gasteiger partial charge on any atom is 0.352 e. The average molecular weight is 457 g/mol. The van der Waals surface area contributed by atoms with Crippen molar-refractivity contribution in [3.8, 4) is 16.2 Å². The van der Waals surface area contributed by atoms with Gasteiger partial charge in [-0.3, -0.25) is 0 Å². The van der Waals surface area contributed by atoms with Crippen LogP contribution in [0.15, 0.2) is 60.7 Å². The molecule has 0 spiro atoms. The number of carboxylic acids is 1. The summed E-state index contributed by atoms with van der Waals surface area (Å²) >= 11 is 1.63. The number of aromatic amines is 1. The first-order chi connectivity index (χ1) is 16.0. The number of H-pyrrole nitrogens is 1.